The minimum atomic E-state index is -0.334. The highest BCUT2D eigenvalue weighted by Crippen LogP contribution is 2.25. The molecule has 0 spiro atoms. The summed E-state index contributed by atoms with van der Waals surface area (Å²) in [6.07, 6.45) is 12.5. The van der Waals surface area contributed by atoms with Crippen molar-refractivity contribution in [2.45, 2.75) is 57.4 Å². The first kappa shape index (κ1) is 39.8. The number of rotatable bonds is 20. The first-order chi connectivity index (χ1) is 25.8. The number of aromatic nitrogens is 1. The number of para-hydroxylation sites is 1. The molecule has 5 rings (SSSR count). The Kier molecular flexibility index (Phi) is 15.5. The van der Waals surface area contributed by atoms with Crippen molar-refractivity contribution in [3.8, 4) is 0 Å². The number of aromatic amines is 1. The van der Waals surface area contributed by atoms with Gasteiger partial charge in [-0.15, -0.1) is 11.6 Å². The van der Waals surface area contributed by atoms with Crippen molar-refractivity contribution in [2.24, 2.45) is 10.9 Å². The zero-order chi connectivity index (χ0) is 37.4. The lowest BCUT2D eigenvalue weighted by molar-refractivity contribution is -0.129. The minimum Gasteiger partial charge on any atom is -0.379 e. The van der Waals surface area contributed by atoms with E-state index < -0.39 is 0 Å². The minimum absolute atomic E-state index is 0.0208. The number of H-pyrrole nitrogens is 1. The van der Waals surface area contributed by atoms with Gasteiger partial charge in [-0.05, 0) is 92.0 Å². The highest BCUT2D eigenvalue weighted by atomic mass is 35.5. The van der Waals surface area contributed by atoms with Gasteiger partial charge in [0.2, 0.25) is 11.8 Å². The number of fused-ring (bicyclic) bond motifs is 1. The molecule has 12 heteroatoms. The second-order valence-corrected chi connectivity index (χ2v) is 14.1. The molecule has 2 aromatic carbocycles. The number of ether oxygens (including phenoxy) is 2. The lowest BCUT2D eigenvalue weighted by atomic mass is 9.85. The number of benzene rings is 2. The van der Waals surface area contributed by atoms with Crippen LogP contribution in [0.5, 0.6) is 0 Å². The largest absolute Gasteiger partial charge is 0.379 e. The quantitative estimate of drug-likeness (QED) is 0.0724. The van der Waals surface area contributed by atoms with Crippen LogP contribution in [0, 0.1) is 5.92 Å². The molecule has 53 heavy (non-hydrogen) atoms. The monoisotopic (exact) mass is 744 g/mol. The predicted octanol–water partition coefficient (Wildman–Crippen LogP) is 6.15. The van der Waals surface area contributed by atoms with Crippen LogP contribution in [0.2, 0.25) is 0 Å². The standard InChI is InChI=1S/C41H53ClN6O5/c1-47(2)35-18-11-30(12-19-35)27-37-41(51)48(38(46-37)20-17-34-28-32-9-5-6-10-36(32)44-34)29-39(49)45-33-15-13-31(14-16-33)40(50)43-22-24-53-26-25-52-23-8-4-3-7-21-42/h5-6,9-12,17-20,27-28,31,33,44H,3-4,7-8,13-16,21-26,29H2,1-2H3,(H,43,50)(H,45,49)/b20-17+,37-27+. The molecule has 1 aliphatic heterocycles. The van der Waals surface area contributed by atoms with Gasteiger partial charge in [0.15, 0.2) is 0 Å². The van der Waals surface area contributed by atoms with Crippen LogP contribution in [0.25, 0.3) is 23.1 Å². The van der Waals surface area contributed by atoms with Crippen LogP contribution in [0.3, 0.4) is 0 Å². The van der Waals surface area contributed by atoms with Gasteiger partial charge < -0.3 is 30.0 Å². The fourth-order valence-corrected chi connectivity index (χ4v) is 6.70. The van der Waals surface area contributed by atoms with E-state index in [2.05, 4.69) is 20.6 Å². The molecule has 1 fully saturated rings. The molecule has 0 atom stereocenters. The van der Waals surface area contributed by atoms with Gasteiger partial charge >= 0.3 is 0 Å². The Hall–Kier alpha value is -4.45. The number of aliphatic imine (C=N–C) groups is 1. The summed E-state index contributed by atoms with van der Waals surface area (Å²) in [7, 11) is 3.95. The summed E-state index contributed by atoms with van der Waals surface area (Å²) in [6, 6.07) is 17.8. The van der Waals surface area contributed by atoms with Gasteiger partial charge in [-0.25, -0.2) is 4.99 Å². The summed E-state index contributed by atoms with van der Waals surface area (Å²) in [4.78, 5) is 51.3. The van der Waals surface area contributed by atoms with Gasteiger partial charge in [0, 0.05) is 62.0 Å². The Bertz CT molecular complexity index is 1710. The summed E-state index contributed by atoms with van der Waals surface area (Å²) >= 11 is 5.69. The molecule has 0 radical (unpaired) electrons. The molecule has 2 aliphatic rings. The topological polar surface area (TPSA) is 128 Å². The van der Waals surface area contributed by atoms with Gasteiger partial charge in [0.25, 0.3) is 5.91 Å². The zero-order valence-corrected chi connectivity index (χ0v) is 31.7. The number of carbonyl (C=O) groups is 3. The number of amides is 3. The maximum atomic E-state index is 13.7. The molecule has 0 saturated heterocycles. The van der Waals surface area contributed by atoms with Crippen molar-refractivity contribution in [1.29, 1.82) is 0 Å². The van der Waals surface area contributed by atoms with Crippen molar-refractivity contribution >= 4 is 63.9 Å². The van der Waals surface area contributed by atoms with E-state index in [0.29, 0.717) is 63.8 Å². The highest BCUT2D eigenvalue weighted by Gasteiger charge is 2.32. The fraction of sp³-hybridized carbons (Fsp3) is 0.463. The molecular formula is C41H53ClN6O5. The van der Waals surface area contributed by atoms with E-state index in [9.17, 15) is 14.4 Å². The van der Waals surface area contributed by atoms with Crippen LogP contribution in [-0.4, -0.2) is 99.0 Å². The molecule has 1 aliphatic carbocycles. The number of carbonyl (C=O) groups excluding carboxylic acids is 3. The molecule has 0 unspecified atom stereocenters. The van der Waals surface area contributed by atoms with Crippen LogP contribution in [0.4, 0.5) is 5.69 Å². The number of nitrogens with zero attached hydrogens (tertiary/aromatic N) is 3. The first-order valence-corrected chi connectivity index (χ1v) is 19.3. The van der Waals surface area contributed by atoms with E-state index in [0.717, 1.165) is 60.1 Å². The summed E-state index contributed by atoms with van der Waals surface area (Å²) in [5.74, 6) is 0.434. The van der Waals surface area contributed by atoms with Gasteiger partial charge in [0.05, 0.1) is 19.8 Å². The number of hydrogen-bond acceptors (Lipinski definition) is 7. The summed E-state index contributed by atoms with van der Waals surface area (Å²) in [5, 5.41) is 7.16. The van der Waals surface area contributed by atoms with Crippen LogP contribution >= 0.6 is 11.6 Å². The Morgan fingerprint density at radius 1 is 0.943 bits per heavy atom. The second-order valence-electron chi connectivity index (χ2n) is 13.8. The molecule has 3 aromatic rings. The number of amidine groups is 1. The number of nitrogens with one attached hydrogen (secondary N) is 3. The van der Waals surface area contributed by atoms with Crippen LogP contribution in [0.15, 0.2) is 71.4 Å². The third-order valence-corrected chi connectivity index (χ3v) is 9.77. The zero-order valence-electron chi connectivity index (χ0n) is 31.0. The maximum Gasteiger partial charge on any atom is 0.278 e. The third kappa shape index (κ3) is 12.3. The summed E-state index contributed by atoms with van der Waals surface area (Å²) in [5.41, 5.74) is 4.02. The van der Waals surface area contributed by atoms with Crippen LogP contribution < -0.4 is 15.5 Å². The first-order valence-electron chi connectivity index (χ1n) is 18.7. The highest BCUT2D eigenvalue weighted by molar-refractivity contribution is 6.20. The average molecular weight is 745 g/mol. The molecule has 0 bridgehead atoms. The van der Waals surface area contributed by atoms with E-state index in [1.165, 1.54) is 4.90 Å². The van der Waals surface area contributed by atoms with E-state index in [1.54, 1.807) is 12.2 Å². The lowest BCUT2D eigenvalue weighted by Crippen LogP contribution is -2.46. The molecule has 284 valence electrons. The summed E-state index contributed by atoms with van der Waals surface area (Å²) in [6.45, 7) is 2.51. The number of anilines is 1. The van der Waals surface area contributed by atoms with Crippen molar-refractivity contribution in [3.63, 3.8) is 0 Å². The Labute approximate surface area is 317 Å². The van der Waals surface area contributed by atoms with Gasteiger partial charge in [-0.3, -0.25) is 19.3 Å². The van der Waals surface area contributed by atoms with Crippen molar-refractivity contribution in [1.82, 2.24) is 20.5 Å². The van der Waals surface area contributed by atoms with Crippen LogP contribution in [0.1, 0.15) is 62.6 Å². The average Bonchev–Trinajstić information content (AvgIpc) is 3.71. The fourth-order valence-electron chi connectivity index (χ4n) is 6.51. The van der Waals surface area contributed by atoms with Gasteiger partial charge in [-0.1, -0.05) is 43.2 Å². The second kappa shape index (κ2) is 20.7. The van der Waals surface area contributed by atoms with Gasteiger partial charge in [0.1, 0.15) is 18.1 Å². The molecule has 1 aromatic heterocycles. The maximum absolute atomic E-state index is 13.7. The molecule has 3 amide bonds. The van der Waals surface area contributed by atoms with Crippen molar-refractivity contribution in [2.75, 3.05) is 64.4 Å². The number of halogens is 1. The Morgan fingerprint density at radius 2 is 1.68 bits per heavy atom. The summed E-state index contributed by atoms with van der Waals surface area (Å²) < 4.78 is 11.2. The smallest absolute Gasteiger partial charge is 0.278 e. The third-order valence-electron chi connectivity index (χ3n) is 9.51. The number of alkyl halides is 1. The molecule has 3 N–H and O–H groups in total. The Morgan fingerprint density at radius 3 is 2.42 bits per heavy atom. The number of unbranched alkanes of at least 4 members (excludes halogenated alkanes) is 3. The van der Waals surface area contributed by atoms with Crippen LogP contribution in [-0.2, 0) is 23.9 Å². The lowest BCUT2D eigenvalue weighted by Gasteiger charge is -2.29. The van der Waals surface area contributed by atoms with Gasteiger partial charge in [-0.2, -0.15) is 0 Å². The Balaban J connectivity index is 1.08. The van der Waals surface area contributed by atoms with Crippen molar-refractivity contribution < 1.29 is 23.9 Å². The molecular weight excluding hydrogens is 692 g/mol. The molecule has 2 heterocycles. The predicted molar refractivity (Wildman–Crippen MR) is 213 cm³/mol. The normalized spacial score (nSPS) is 18.2. The number of hydrogen-bond donors (Lipinski definition) is 3. The molecule has 1 saturated carbocycles. The van der Waals surface area contributed by atoms with E-state index in [-0.39, 0.29) is 41.9 Å². The van der Waals surface area contributed by atoms with E-state index in [4.69, 9.17) is 21.1 Å². The van der Waals surface area contributed by atoms with E-state index >= 15 is 0 Å². The SMILES string of the molecule is CN(C)c1ccc(/C=C2N=C(/C=C/c3cc4ccccc4[nH]3)N(CC(=O)NC3CCC(C(=O)NCCOCCOCCCCCCCl)CC3)C/2=O)cc1. The van der Waals surface area contributed by atoms with Crippen molar-refractivity contribution in [3.05, 3.63) is 77.6 Å². The molecule has 11 nitrogen and oxygen atoms in total. The van der Waals surface area contributed by atoms with E-state index in [1.807, 2.05) is 79.7 Å².